The molecule has 0 aliphatic heterocycles. The van der Waals surface area contributed by atoms with Crippen molar-refractivity contribution in [3.8, 4) is 16.9 Å². The molecule has 150 valence electrons. The van der Waals surface area contributed by atoms with Gasteiger partial charge >= 0.3 is 0 Å². The van der Waals surface area contributed by atoms with Crippen LogP contribution < -0.4 is 11.5 Å². The van der Waals surface area contributed by atoms with Crippen molar-refractivity contribution in [3.63, 3.8) is 0 Å². The molecule has 0 saturated carbocycles. The van der Waals surface area contributed by atoms with Crippen LogP contribution in [0.1, 0.15) is 11.1 Å². The molecule has 0 aliphatic rings. The highest BCUT2D eigenvalue weighted by atomic mass is 32.2. The van der Waals surface area contributed by atoms with Crippen molar-refractivity contribution in [2.75, 3.05) is 12.4 Å². The minimum Gasteiger partial charge on any atom is -0.394 e. The maximum absolute atomic E-state index is 9.71. The Hall–Kier alpha value is -3.14. The molecule has 0 bridgehead atoms. The second-order valence-corrected chi connectivity index (χ2v) is 7.36. The maximum atomic E-state index is 9.71. The summed E-state index contributed by atoms with van der Waals surface area (Å²) < 4.78 is 1.88. The van der Waals surface area contributed by atoms with Crippen LogP contribution in [0.4, 0.5) is 0 Å². The predicted octanol–water partition coefficient (Wildman–Crippen LogP) is 1.55. The van der Waals surface area contributed by atoms with Crippen LogP contribution in [-0.2, 0) is 0 Å². The molecule has 8 N–H and O–H groups in total. The highest BCUT2D eigenvalue weighted by Gasteiger charge is 2.14. The van der Waals surface area contributed by atoms with E-state index in [1.54, 1.807) is 24.3 Å². The molecule has 2 aromatic carbocycles. The van der Waals surface area contributed by atoms with Gasteiger partial charge < -0.3 is 21.7 Å². The number of aromatic nitrogens is 2. The lowest BCUT2D eigenvalue weighted by atomic mass is 10.1. The number of rotatable bonds is 8. The van der Waals surface area contributed by atoms with Gasteiger partial charge in [0.25, 0.3) is 0 Å². The summed E-state index contributed by atoms with van der Waals surface area (Å²) >= 11 is 1.33. The Balaban J connectivity index is 1.98. The predicted molar refractivity (Wildman–Crippen MR) is 115 cm³/mol. The van der Waals surface area contributed by atoms with Crippen LogP contribution in [0.3, 0.4) is 0 Å². The number of nitrogens with two attached hydrogens (primary N) is 2. The van der Waals surface area contributed by atoms with Gasteiger partial charge in [-0.1, -0.05) is 36.0 Å². The molecule has 3 aromatic rings. The SMILES string of the molecule is N=C(N)c1ccc(-c2cn(-c3ccc(C(=N)N)cc3)c(SCC(O)CO)n2)cc1. The van der Waals surface area contributed by atoms with E-state index in [4.69, 9.17) is 27.4 Å². The number of hydrogen-bond donors (Lipinski definition) is 6. The smallest absolute Gasteiger partial charge is 0.173 e. The van der Waals surface area contributed by atoms with Gasteiger partial charge in [0, 0.05) is 34.3 Å². The number of aliphatic hydroxyl groups excluding tert-OH is 2. The summed E-state index contributed by atoms with van der Waals surface area (Å²) in [5.41, 5.74) is 14.7. The molecule has 0 amide bonds. The Morgan fingerprint density at radius 2 is 1.55 bits per heavy atom. The number of amidine groups is 2. The third kappa shape index (κ3) is 4.83. The second-order valence-electron chi connectivity index (χ2n) is 6.38. The normalized spacial score (nSPS) is 11.9. The van der Waals surface area contributed by atoms with E-state index in [1.807, 2.05) is 35.0 Å². The van der Waals surface area contributed by atoms with E-state index in [0.717, 1.165) is 16.9 Å². The molecule has 0 fully saturated rings. The first-order valence-electron chi connectivity index (χ1n) is 8.80. The van der Waals surface area contributed by atoms with Gasteiger partial charge in [0.05, 0.1) is 18.4 Å². The van der Waals surface area contributed by atoms with Crippen LogP contribution in [0.5, 0.6) is 0 Å². The summed E-state index contributed by atoms with van der Waals surface area (Å²) in [4.78, 5) is 4.68. The Kier molecular flexibility index (Phi) is 6.32. The highest BCUT2D eigenvalue weighted by molar-refractivity contribution is 7.99. The Morgan fingerprint density at radius 1 is 1.00 bits per heavy atom. The topological polar surface area (TPSA) is 158 Å². The van der Waals surface area contributed by atoms with Crippen LogP contribution in [0.15, 0.2) is 59.9 Å². The lowest BCUT2D eigenvalue weighted by molar-refractivity contribution is 0.113. The number of thioether (sulfide) groups is 1. The molecular weight excluding hydrogens is 388 g/mol. The molecule has 1 unspecified atom stereocenters. The van der Waals surface area contributed by atoms with Crippen molar-refractivity contribution in [3.05, 3.63) is 65.9 Å². The summed E-state index contributed by atoms with van der Waals surface area (Å²) in [6, 6.07) is 14.4. The van der Waals surface area contributed by atoms with Crippen LogP contribution in [-0.4, -0.2) is 49.9 Å². The zero-order valence-electron chi connectivity index (χ0n) is 15.5. The number of benzene rings is 2. The number of imidazole rings is 1. The van der Waals surface area contributed by atoms with E-state index in [-0.39, 0.29) is 18.3 Å². The quantitative estimate of drug-likeness (QED) is 0.188. The van der Waals surface area contributed by atoms with E-state index in [9.17, 15) is 5.11 Å². The number of hydrogen-bond acceptors (Lipinski definition) is 6. The zero-order valence-corrected chi connectivity index (χ0v) is 16.4. The Bertz CT molecular complexity index is 1010. The molecule has 3 rings (SSSR count). The molecule has 9 heteroatoms. The molecule has 1 atom stereocenters. The van der Waals surface area contributed by atoms with Crippen LogP contribution in [0.2, 0.25) is 0 Å². The van der Waals surface area contributed by atoms with E-state index < -0.39 is 6.10 Å². The molecule has 0 saturated heterocycles. The number of aliphatic hydroxyl groups is 2. The largest absolute Gasteiger partial charge is 0.394 e. The van der Waals surface area contributed by atoms with E-state index in [0.29, 0.717) is 22.0 Å². The fraction of sp³-hybridized carbons (Fsp3) is 0.150. The van der Waals surface area contributed by atoms with Gasteiger partial charge in [-0.3, -0.25) is 15.4 Å². The van der Waals surface area contributed by atoms with Gasteiger partial charge in [0.2, 0.25) is 0 Å². The Labute approximate surface area is 172 Å². The van der Waals surface area contributed by atoms with Crippen molar-refractivity contribution in [2.24, 2.45) is 11.5 Å². The van der Waals surface area contributed by atoms with Crippen LogP contribution in [0.25, 0.3) is 16.9 Å². The van der Waals surface area contributed by atoms with Gasteiger partial charge in [-0.2, -0.15) is 0 Å². The standard InChI is InChI=1S/C20H22N6O2S/c21-18(22)13-3-1-12(2-4-13)17-9-26(20(25-17)29-11-16(28)10-27)15-7-5-14(6-8-15)19(23)24/h1-9,16,27-28H,10-11H2,(H3,21,22)(H3,23,24). The first-order valence-corrected chi connectivity index (χ1v) is 9.78. The molecule has 1 heterocycles. The zero-order chi connectivity index (χ0) is 21.0. The maximum Gasteiger partial charge on any atom is 0.173 e. The summed E-state index contributed by atoms with van der Waals surface area (Å²) in [6.07, 6.45) is 1.03. The van der Waals surface area contributed by atoms with Gasteiger partial charge in [0.15, 0.2) is 5.16 Å². The Morgan fingerprint density at radius 3 is 2.07 bits per heavy atom. The first-order chi connectivity index (χ1) is 13.9. The lowest BCUT2D eigenvalue weighted by Gasteiger charge is -2.10. The third-order valence-electron chi connectivity index (χ3n) is 4.24. The average molecular weight is 411 g/mol. The van der Waals surface area contributed by atoms with Crippen molar-refractivity contribution < 1.29 is 10.2 Å². The van der Waals surface area contributed by atoms with Crippen LogP contribution >= 0.6 is 11.8 Å². The minimum absolute atomic E-state index is 0.00174. The summed E-state index contributed by atoms with van der Waals surface area (Å²) in [5.74, 6) is 0.290. The molecule has 0 radical (unpaired) electrons. The van der Waals surface area contributed by atoms with Crippen molar-refractivity contribution in [1.82, 2.24) is 9.55 Å². The number of nitrogens with one attached hydrogen (secondary N) is 2. The van der Waals surface area contributed by atoms with Crippen molar-refractivity contribution in [1.29, 1.82) is 10.8 Å². The third-order valence-corrected chi connectivity index (χ3v) is 5.33. The van der Waals surface area contributed by atoms with Crippen LogP contribution in [0, 0.1) is 10.8 Å². The fourth-order valence-corrected chi connectivity index (χ4v) is 3.54. The average Bonchev–Trinajstić information content (AvgIpc) is 3.16. The van der Waals surface area contributed by atoms with Gasteiger partial charge in [-0.25, -0.2) is 4.98 Å². The molecule has 0 aliphatic carbocycles. The summed E-state index contributed by atoms with van der Waals surface area (Å²) in [6.45, 7) is -0.319. The molecular formula is C20H22N6O2S. The number of nitrogens with zero attached hydrogens (tertiary/aromatic N) is 2. The van der Waals surface area contributed by atoms with E-state index >= 15 is 0 Å². The summed E-state index contributed by atoms with van der Waals surface area (Å²) in [5, 5.41) is 34.5. The van der Waals surface area contributed by atoms with Crippen molar-refractivity contribution in [2.45, 2.75) is 11.3 Å². The number of nitrogen functional groups attached to an aromatic ring is 2. The van der Waals surface area contributed by atoms with E-state index in [2.05, 4.69) is 4.98 Å². The van der Waals surface area contributed by atoms with Gasteiger partial charge in [-0.05, 0) is 24.3 Å². The van der Waals surface area contributed by atoms with Gasteiger partial charge in [0.1, 0.15) is 11.7 Å². The second kappa shape index (κ2) is 8.91. The molecule has 8 nitrogen and oxygen atoms in total. The molecule has 29 heavy (non-hydrogen) atoms. The van der Waals surface area contributed by atoms with Crippen molar-refractivity contribution >= 4 is 23.4 Å². The van der Waals surface area contributed by atoms with E-state index in [1.165, 1.54) is 11.8 Å². The summed E-state index contributed by atoms with van der Waals surface area (Å²) in [7, 11) is 0. The highest BCUT2D eigenvalue weighted by Crippen LogP contribution is 2.28. The fourth-order valence-electron chi connectivity index (χ4n) is 2.63. The lowest BCUT2D eigenvalue weighted by Crippen LogP contribution is -2.15. The minimum atomic E-state index is -0.844. The molecule has 0 spiro atoms. The monoisotopic (exact) mass is 410 g/mol. The van der Waals surface area contributed by atoms with Gasteiger partial charge in [-0.15, -0.1) is 0 Å². The first kappa shape index (κ1) is 20.6. The molecule has 1 aromatic heterocycles.